The first-order valence-corrected chi connectivity index (χ1v) is 15.3. The average molecular weight is 503 g/mol. The molecule has 4 fully saturated rings. The van der Waals surface area contributed by atoms with Crippen LogP contribution in [0.4, 0.5) is 11.4 Å². The summed E-state index contributed by atoms with van der Waals surface area (Å²) in [5.74, 6) is 0. The van der Waals surface area contributed by atoms with Gasteiger partial charge in [0.1, 0.15) is 16.4 Å². The molecule has 35 heavy (non-hydrogen) atoms. The van der Waals surface area contributed by atoms with Crippen molar-refractivity contribution in [2.45, 2.75) is 45.2 Å². The van der Waals surface area contributed by atoms with Crippen LogP contribution in [0.1, 0.15) is 33.1 Å². The molecule has 0 aliphatic carbocycles. The highest BCUT2D eigenvalue weighted by atomic mass is 31.1. The topological polar surface area (TPSA) is 13.0 Å². The monoisotopic (exact) mass is 502 g/mol. The smallest absolute Gasteiger partial charge is 0.101 e. The van der Waals surface area contributed by atoms with Crippen molar-refractivity contribution >= 4 is 38.4 Å². The van der Waals surface area contributed by atoms with E-state index in [1.807, 2.05) is 0 Å². The first kappa shape index (κ1) is 23.4. The molecule has 3 aromatic rings. The molecule has 0 amide bonds. The van der Waals surface area contributed by atoms with Gasteiger partial charge in [-0.15, -0.1) is 0 Å². The number of rotatable bonds is 4. The second kappa shape index (κ2) is 9.83. The Balaban J connectivity index is 0.00000229. The molecule has 0 aromatic heterocycles. The molecule has 0 radical (unpaired) electrons. The van der Waals surface area contributed by atoms with Crippen LogP contribution in [0.3, 0.4) is 0 Å². The van der Waals surface area contributed by atoms with Crippen molar-refractivity contribution < 1.29 is 0 Å². The Morgan fingerprint density at radius 1 is 0.543 bits per heavy atom. The number of fused-ring (bicyclic) bond motifs is 2. The standard InChI is InChI=1S/C28H32N4P2.CH4/c1-3-11-23(12-4-1)31-21-25-15-9-19-29(25)33(31)27-17-7-8-18-28(27)34-30-20-10-16-26(30)22-32(34)24-13-5-2-6-14-24;/h1-8,11-14,17-18,25-26H,9-10,15-16,19-22H2;1H4/t25-,26-,33?,34?;/m0./s1. The molecule has 4 aliphatic rings. The van der Waals surface area contributed by atoms with Gasteiger partial charge in [0, 0.05) is 60.2 Å². The zero-order chi connectivity index (χ0) is 22.5. The fourth-order valence-corrected chi connectivity index (χ4v) is 12.5. The van der Waals surface area contributed by atoms with Gasteiger partial charge in [0.15, 0.2) is 0 Å². The fraction of sp³-hybridized carbons (Fsp3) is 0.379. The fourth-order valence-electron chi connectivity index (χ4n) is 6.31. The van der Waals surface area contributed by atoms with Crippen LogP contribution in [0.2, 0.25) is 0 Å². The van der Waals surface area contributed by atoms with Gasteiger partial charge in [0.2, 0.25) is 0 Å². The lowest BCUT2D eigenvalue weighted by Crippen LogP contribution is -2.36. The molecule has 0 saturated carbocycles. The molecule has 2 unspecified atom stereocenters. The molecule has 4 atom stereocenters. The highest BCUT2D eigenvalue weighted by Crippen LogP contribution is 2.59. The number of hydrogen-bond acceptors (Lipinski definition) is 4. The van der Waals surface area contributed by atoms with E-state index in [0.29, 0.717) is 12.1 Å². The van der Waals surface area contributed by atoms with E-state index in [1.54, 1.807) is 10.6 Å². The molecular weight excluding hydrogens is 466 g/mol. The van der Waals surface area contributed by atoms with Gasteiger partial charge in [-0.1, -0.05) is 68.1 Å². The molecule has 3 aromatic carbocycles. The van der Waals surface area contributed by atoms with Crippen LogP contribution in [0, 0.1) is 0 Å². The van der Waals surface area contributed by atoms with Gasteiger partial charge >= 0.3 is 0 Å². The van der Waals surface area contributed by atoms with Crippen molar-refractivity contribution in [1.82, 2.24) is 9.34 Å². The van der Waals surface area contributed by atoms with Crippen molar-refractivity contribution in [3.8, 4) is 0 Å². The van der Waals surface area contributed by atoms with E-state index in [4.69, 9.17) is 0 Å². The Kier molecular flexibility index (Phi) is 6.58. The van der Waals surface area contributed by atoms with E-state index in [2.05, 4.69) is 104 Å². The van der Waals surface area contributed by atoms with E-state index in [-0.39, 0.29) is 7.43 Å². The highest BCUT2D eigenvalue weighted by molar-refractivity contribution is 7.71. The van der Waals surface area contributed by atoms with Crippen molar-refractivity contribution in [2.24, 2.45) is 0 Å². The third kappa shape index (κ3) is 4.00. The predicted octanol–water partition coefficient (Wildman–Crippen LogP) is 6.17. The average Bonchev–Trinajstić information content (AvgIpc) is 3.66. The van der Waals surface area contributed by atoms with Crippen LogP contribution >= 0.6 is 16.4 Å². The summed E-state index contributed by atoms with van der Waals surface area (Å²) in [7, 11) is -1.07. The van der Waals surface area contributed by atoms with Gasteiger partial charge in [-0.25, -0.2) is 0 Å². The van der Waals surface area contributed by atoms with E-state index in [9.17, 15) is 0 Å². The van der Waals surface area contributed by atoms with Crippen molar-refractivity contribution in [2.75, 3.05) is 35.5 Å². The molecule has 6 heteroatoms. The molecule has 0 bridgehead atoms. The minimum atomic E-state index is -0.534. The minimum Gasteiger partial charge on any atom is -0.333 e. The third-order valence-corrected chi connectivity index (χ3v) is 13.4. The van der Waals surface area contributed by atoms with Crippen LogP contribution in [-0.2, 0) is 0 Å². The summed E-state index contributed by atoms with van der Waals surface area (Å²) in [4.78, 5) is 0. The van der Waals surface area contributed by atoms with E-state index in [0.717, 1.165) is 13.1 Å². The normalized spacial score (nSPS) is 28.2. The molecule has 4 saturated heterocycles. The van der Waals surface area contributed by atoms with Crippen LogP contribution in [0.5, 0.6) is 0 Å². The molecule has 0 spiro atoms. The number of anilines is 2. The number of para-hydroxylation sites is 2. The summed E-state index contributed by atoms with van der Waals surface area (Å²) < 4.78 is 11.2. The number of nitrogens with zero attached hydrogens (tertiary/aromatic N) is 4. The van der Waals surface area contributed by atoms with Gasteiger partial charge in [0.25, 0.3) is 0 Å². The first-order chi connectivity index (χ1) is 16.9. The first-order valence-electron chi connectivity index (χ1n) is 12.8. The van der Waals surface area contributed by atoms with Crippen LogP contribution in [-0.4, -0.2) is 47.6 Å². The lowest BCUT2D eigenvalue weighted by Gasteiger charge is -2.36. The van der Waals surface area contributed by atoms with Gasteiger partial charge in [-0.2, -0.15) is 0 Å². The van der Waals surface area contributed by atoms with Crippen molar-refractivity contribution in [3.05, 3.63) is 84.9 Å². The van der Waals surface area contributed by atoms with Gasteiger partial charge in [-0.05, 0) is 49.9 Å². The summed E-state index contributed by atoms with van der Waals surface area (Å²) in [6, 6.07) is 33.2. The van der Waals surface area contributed by atoms with Crippen LogP contribution < -0.4 is 19.9 Å². The Morgan fingerprint density at radius 3 is 1.37 bits per heavy atom. The zero-order valence-electron chi connectivity index (χ0n) is 19.6. The summed E-state index contributed by atoms with van der Waals surface area (Å²) >= 11 is 0. The largest absolute Gasteiger partial charge is 0.333 e. The predicted molar refractivity (Wildman–Crippen MR) is 153 cm³/mol. The van der Waals surface area contributed by atoms with Gasteiger partial charge in [-0.3, -0.25) is 9.34 Å². The molecule has 4 aliphatic heterocycles. The molecule has 182 valence electrons. The maximum Gasteiger partial charge on any atom is 0.101 e. The van der Waals surface area contributed by atoms with Crippen molar-refractivity contribution in [3.63, 3.8) is 0 Å². The maximum atomic E-state index is 2.86. The van der Waals surface area contributed by atoms with Gasteiger partial charge < -0.3 is 9.34 Å². The van der Waals surface area contributed by atoms with Crippen LogP contribution in [0.15, 0.2) is 84.9 Å². The Morgan fingerprint density at radius 2 is 0.943 bits per heavy atom. The molecular formula is C29H36N4P2. The zero-order valence-corrected chi connectivity index (χ0v) is 21.4. The lowest BCUT2D eigenvalue weighted by molar-refractivity contribution is 0.467. The number of hydrogen-bond donors (Lipinski definition) is 0. The Bertz CT molecular complexity index is 1050. The summed E-state index contributed by atoms with van der Waals surface area (Å²) in [6.07, 6.45) is 5.35. The maximum absolute atomic E-state index is 2.86. The molecule has 4 heterocycles. The van der Waals surface area contributed by atoms with E-state index < -0.39 is 16.4 Å². The third-order valence-electron chi connectivity index (χ3n) is 7.82. The molecule has 0 N–H and O–H groups in total. The lowest BCUT2D eigenvalue weighted by atomic mass is 10.2. The Labute approximate surface area is 213 Å². The highest BCUT2D eigenvalue weighted by Gasteiger charge is 2.48. The SMILES string of the molecule is C.c1ccc(N2C[C@@H]3CCCN3P2c2ccccc2P2N(c3ccccc3)C[C@@H]3CCCN32)cc1. The number of benzene rings is 3. The summed E-state index contributed by atoms with van der Waals surface area (Å²) in [5, 5.41) is 3.18. The van der Waals surface area contributed by atoms with Crippen molar-refractivity contribution in [1.29, 1.82) is 0 Å². The minimum absolute atomic E-state index is 0. The summed E-state index contributed by atoms with van der Waals surface area (Å²) in [6.45, 7) is 4.80. The molecule has 4 nitrogen and oxygen atoms in total. The quantitative estimate of drug-likeness (QED) is 0.396. The van der Waals surface area contributed by atoms with E-state index >= 15 is 0 Å². The second-order valence-electron chi connectivity index (χ2n) is 9.82. The van der Waals surface area contributed by atoms with Gasteiger partial charge in [0.05, 0.1) is 0 Å². The molecule has 7 rings (SSSR count). The summed E-state index contributed by atoms with van der Waals surface area (Å²) in [5.41, 5.74) is 2.77. The Hall–Kier alpha value is -1.96. The second-order valence-corrected chi connectivity index (χ2v) is 13.9. The van der Waals surface area contributed by atoms with E-state index in [1.165, 1.54) is 50.1 Å². The van der Waals surface area contributed by atoms with Crippen LogP contribution in [0.25, 0.3) is 0 Å².